The zero-order chi connectivity index (χ0) is 13.2. The molecule has 1 aromatic carbocycles. The van der Waals surface area contributed by atoms with E-state index in [0.717, 1.165) is 37.0 Å². The Kier molecular flexibility index (Phi) is 3.69. The number of benzene rings is 1. The van der Waals surface area contributed by atoms with Crippen LogP contribution in [0, 0.1) is 3.57 Å². The van der Waals surface area contributed by atoms with Gasteiger partial charge in [-0.3, -0.25) is 5.10 Å². The van der Waals surface area contributed by atoms with Crippen LogP contribution in [0.1, 0.15) is 6.92 Å². The molecule has 1 aliphatic heterocycles. The summed E-state index contributed by atoms with van der Waals surface area (Å²) in [6.45, 7) is 5.06. The third kappa shape index (κ3) is 2.89. The molecule has 5 nitrogen and oxygen atoms in total. The van der Waals surface area contributed by atoms with Crippen LogP contribution < -0.4 is 10.2 Å². The average Bonchev–Trinajstić information content (AvgIpc) is 2.88. The van der Waals surface area contributed by atoms with Crippen molar-refractivity contribution in [1.82, 2.24) is 20.5 Å². The molecule has 2 aromatic rings. The number of aromatic amines is 1. The van der Waals surface area contributed by atoms with Crippen molar-refractivity contribution in [3.05, 3.63) is 27.8 Å². The van der Waals surface area contributed by atoms with Crippen molar-refractivity contribution in [3.8, 4) is 11.4 Å². The molecule has 0 amide bonds. The largest absolute Gasteiger partial charge is 0.337 e. The summed E-state index contributed by atoms with van der Waals surface area (Å²) in [5.74, 6) is 1.63. The Labute approximate surface area is 125 Å². The van der Waals surface area contributed by atoms with Crippen LogP contribution in [0.15, 0.2) is 24.3 Å². The zero-order valence-electron chi connectivity index (χ0n) is 10.7. The summed E-state index contributed by atoms with van der Waals surface area (Å²) in [6.07, 6.45) is 0. The van der Waals surface area contributed by atoms with Crippen LogP contribution in [0.25, 0.3) is 11.4 Å². The molecule has 1 atom stereocenters. The van der Waals surface area contributed by atoms with Gasteiger partial charge in [0.25, 0.3) is 0 Å². The normalized spacial score (nSPS) is 19.7. The number of rotatable bonds is 2. The summed E-state index contributed by atoms with van der Waals surface area (Å²) in [5, 5.41) is 10.8. The summed E-state index contributed by atoms with van der Waals surface area (Å²) < 4.78 is 1.20. The van der Waals surface area contributed by atoms with Crippen molar-refractivity contribution in [2.45, 2.75) is 13.0 Å². The first kappa shape index (κ1) is 12.9. The third-order valence-electron chi connectivity index (χ3n) is 3.22. The molecule has 1 fully saturated rings. The quantitative estimate of drug-likeness (QED) is 0.794. The summed E-state index contributed by atoms with van der Waals surface area (Å²) in [7, 11) is 0. The van der Waals surface area contributed by atoms with E-state index in [1.165, 1.54) is 3.57 Å². The fraction of sp³-hybridized carbons (Fsp3) is 0.385. The third-order valence-corrected chi connectivity index (χ3v) is 3.89. The molecule has 2 heterocycles. The summed E-state index contributed by atoms with van der Waals surface area (Å²) in [5.41, 5.74) is 1.08. The molecule has 100 valence electrons. The fourth-order valence-electron chi connectivity index (χ4n) is 2.27. The number of hydrogen-bond donors (Lipinski definition) is 2. The lowest BCUT2D eigenvalue weighted by molar-refractivity contribution is 0.480. The van der Waals surface area contributed by atoms with Gasteiger partial charge < -0.3 is 10.2 Å². The summed E-state index contributed by atoms with van der Waals surface area (Å²) in [6, 6.07) is 8.73. The highest BCUT2D eigenvalue weighted by Crippen LogP contribution is 2.20. The van der Waals surface area contributed by atoms with Crippen LogP contribution in [0.5, 0.6) is 0 Å². The zero-order valence-corrected chi connectivity index (χ0v) is 12.9. The molecule has 0 unspecified atom stereocenters. The van der Waals surface area contributed by atoms with Gasteiger partial charge in [-0.05, 0) is 41.6 Å². The van der Waals surface area contributed by atoms with Gasteiger partial charge >= 0.3 is 0 Å². The van der Waals surface area contributed by atoms with Crippen molar-refractivity contribution in [1.29, 1.82) is 0 Å². The Bertz CT molecular complexity index is 568. The van der Waals surface area contributed by atoms with Gasteiger partial charge in [-0.15, -0.1) is 5.10 Å². The first-order valence-electron chi connectivity index (χ1n) is 6.39. The fourth-order valence-corrected chi connectivity index (χ4v) is 2.82. The Hall–Kier alpha value is -1.15. The second-order valence-corrected chi connectivity index (χ2v) is 6.04. The first-order chi connectivity index (χ1) is 9.22. The number of halogens is 1. The minimum Gasteiger partial charge on any atom is -0.337 e. The predicted octanol–water partition coefficient (Wildman–Crippen LogP) is 1.87. The van der Waals surface area contributed by atoms with Crippen molar-refractivity contribution in [3.63, 3.8) is 0 Å². The Morgan fingerprint density at radius 3 is 3.11 bits per heavy atom. The molecule has 1 aromatic heterocycles. The topological polar surface area (TPSA) is 56.8 Å². The van der Waals surface area contributed by atoms with Gasteiger partial charge in [-0.1, -0.05) is 12.1 Å². The standard InChI is InChI=1S/C13H16IN5/c1-9-8-19(6-5-15-9)13-16-12(17-18-13)10-3-2-4-11(14)7-10/h2-4,7,9,15H,5-6,8H2,1H3,(H,16,17,18)/t9-/m0/s1. The van der Waals surface area contributed by atoms with Gasteiger partial charge in [0.2, 0.25) is 5.95 Å². The van der Waals surface area contributed by atoms with Crippen molar-refractivity contribution >= 4 is 28.5 Å². The molecule has 0 radical (unpaired) electrons. The van der Waals surface area contributed by atoms with Gasteiger partial charge in [-0.2, -0.15) is 4.98 Å². The highest BCUT2D eigenvalue weighted by atomic mass is 127. The van der Waals surface area contributed by atoms with E-state index in [1.54, 1.807) is 0 Å². The molecular formula is C13H16IN5. The summed E-state index contributed by atoms with van der Waals surface area (Å²) in [4.78, 5) is 6.83. The van der Waals surface area contributed by atoms with Gasteiger partial charge in [0.1, 0.15) is 0 Å². The minimum absolute atomic E-state index is 0.480. The van der Waals surface area contributed by atoms with Crippen LogP contribution in [-0.2, 0) is 0 Å². The van der Waals surface area contributed by atoms with Crippen LogP contribution in [-0.4, -0.2) is 40.9 Å². The van der Waals surface area contributed by atoms with Crippen molar-refractivity contribution in [2.24, 2.45) is 0 Å². The maximum Gasteiger partial charge on any atom is 0.245 e. The SMILES string of the molecule is C[C@H]1CN(c2n[nH]c(-c3cccc(I)c3)n2)CCN1. The molecular weight excluding hydrogens is 353 g/mol. The Morgan fingerprint density at radius 1 is 1.42 bits per heavy atom. The average molecular weight is 369 g/mol. The number of piperazine rings is 1. The maximum absolute atomic E-state index is 4.61. The lowest BCUT2D eigenvalue weighted by Crippen LogP contribution is -2.49. The van der Waals surface area contributed by atoms with Crippen LogP contribution in [0.4, 0.5) is 5.95 Å². The molecule has 0 spiro atoms. The molecule has 3 rings (SSSR count). The highest BCUT2D eigenvalue weighted by Gasteiger charge is 2.19. The van der Waals surface area contributed by atoms with Gasteiger partial charge in [0.15, 0.2) is 5.82 Å². The van der Waals surface area contributed by atoms with Crippen molar-refractivity contribution in [2.75, 3.05) is 24.5 Å². The smallest absolute Gasteiger partial charge is 0.245 e. The van der Waals surface area contributed by atoms with E-state index in [-0.39, 0.29) is 0 Å². The minimum atomic E-state index is 0.480. The molecule has 1 saturated heterocycles. The van der Waals surface area contributed by atoms with E-state index < -0.39 is 0 Å². The van der Waals surface area contributed by atoms with E-state index in [0.29, 0.717) is 6.04 Å². The van der Waals surface area contributed by atoms with Crippen LogP contribution >= 0.6 is 22.6 Å². The van der Waals surface area contributed by atoms with Crippen LogP contribution in [0.2, 0.25) is 0 Å². The van der Waals surface area contributed by atoms with E-state index in [2.05, 4.69) is 67.0 Å². The van der Waals surface area contributed by atoms with Crippen LogP contribution in [0.3, 0.4) is 0 Å². The van der Waals surface area contributed by atoms with E-state index in [4.69, 9.17) is 0 Å². The number of nitrogens with one attached hydrogen (secondary N) is 2. The Balaban J connectivity index is 1.83. The Morgan fingerprint density at radius 2 is 2.32 bits per heavy atom. The predicted molar refractivity (Wildman–Crippen MR) is 84.2 cm³/mol. The molecule has 0 saturated carbocycles. The lowest BCUT2D eigenvalue weighted by Gasteiger charge is -2.30. The molecule has 0 aliphatic carbocycles. The number of aromatic nitrogens is 3. The number of hydrogen-bond acceptors (Lipinski definition) is 4. The monoisotopic (exact) mass is 369 g/mol. The molecule has 1 aliphatic rings. The van der Waals surface area contributed by atoms with Crippen molar-refractivity contribution < 1.29 is 0 Å². The van der Waals surface area contributed by atoms with E-state index >= 15 is 0 Å². The lowest BCUT2D eigenvalue weighted by atomic mass is 10.2. The van der Waals surface area contributed by atoms with E-state index in [9.17, 15) is 0 Å². The molecule has 6 heteroatoms. The van der Waals surface area contributed by atoms with E-state index in [1.807, 2.05) is 12.1 Å². The second-order valence-electron chi connectivity index (χ2n) is 4.80. The highest BCUT2D eigenvalue weighted by molar-refractivity contribution is 14.1. The number of anilines is 1. The summed E-state index contributed by atoms with van der Waals surface area (Å²) >= 11 is 2.30. The van der Waals surface area contributed by atoms with Gasteiger partial charge in [0.05, 0.1) is 0 Å². The van der Waals surface area contributed by atoms with Gasteiger partial charge in [0, 0.05) is 34.8 Å². The molecule has 0 bridgehead atoms. The number of nitrogens with zero attached hydrogens (tertiary/aromatic N) is 3. The second kappa shape index (κ2) is 5.46. The van der Waals surface area contributed by atoms with Gasteiger partial charge in [-0.25, -0.2) is 0 Å². The molecule has 2 N–H and O–H groups in total. The molecule has 19 heavy (non-hydrogen) atoms. The number of H-pyrrole nitrogens is 1. The maximum atomic E-state index is 4.61. The first-order valence-corrected chi connectivity index (χ1v) is 7.47.